The second-order valence-electron chi connectivity index (χ2n) is 4.68. The van der Waals surface area contributed by atoms with E-state index in [0.717, 1.165) is 11.1 Å². The Balaban J connectivity index is 1.83. The van der Waals surface area contributed by atoms with Crippen LogP contribution >= 0.6 is 46.6 Å². The van der Waals surface area contributed by atoms with Gasteiger partial charge in [0, 0.05) is 26.4 Å². The number of nitrogens with zero attached hydrogens (tertiary/aromatic N) is 3. The molecule has 8 heteroatoms. The van der Waals surface area contributed by atoms with E-state index in [9.17, 15) is 0 Å². The van der Waals surface area contributed by atoms with Crippen LogP contribution in [0, 0.1) is 0 Å². The molecule has 4 nitrogen and oxygen atoms in total. The average molecular weight is 386 g/mol. The lowest BCUT2D eigenvalue weighted by atomic mass is 10.2. The molecule has 23 heavy (non-hydrogen) atoms. The summed E-state index contributed by atoms with van der Waals surface area (Å²) in [5.41, 5.74) is 1.64. The van der Waals surface area contributed by atoms with E-state index in [1.165, 1.54) is 16.4 Å². The number of hydrogen-bond donors (Lipinski definition) is 1. The molecule has 0 saturated heterocycles. The molecular formula is C15H11Cl3N4S. The van der Waals surface area contributed by atoms with E-state index in [0.29, 0.717) is 31.8 Å². The van der Waals surface area contributed by atoms with Gasteiger partial charge in [-0.2, -0.15) is 0 Å². The highest BCUT2D eigenvalue weighted by molar-refractivity contribution is 7.98. The summed E-state index contributed by atoms with van der Waals surface area (Å²) in [4.78, 5) is 0. The van der Waals surface area contributed by atoms with E-state index in [1.54, 1.807) is 24.3 Å². The Morgan fingerprint density at radius 3 is 2.39 bits per heavy atom. The van der Waals surface area contributed by atoms with Gasteiger partial charge in [0.1, 0.15) is 0 Å². The minimum absolute atomic E-state index is 0.542. The molecule has 1 heterocycles. The third kappa shape index (κ3) is 3.58. The van der Waals surface area contributed by atoms with Gasteiger partial charge < -0.3 is 5.84 Å². The van der Waals surface area contributed by atoms with Crippen LogP contribution in [0.15, 0.2) is 47.6 Å². The molecule has 0 amide bonds. The van der Waals surface area contributed by atoms with Crippen molar-refractivity contribution < 1.29 is 0 Å². The molecule has 0 atom stereocenters. The van der Waals surface area contributed by atoms with E-state index < -0.39 is 0 Å². The Morgan fingerprint density at radius 1 is 1.00 bits per heavy atom. The van der Waals surface area contributed by atoms with Crippen LogP contribution in [-0.2, 0) is 5.75 Å². The molecule has 0 radical (unpaired) electrons. The predicted octanol–water partition coefficient (Wildman–Crippen LogP) is 4.91. The third-order valence-electron chi connectivity index (χ3n) is 3.15. The van der Waals surface area contributed by atoms with Crippen molar-refractivity contribution in [3.8, 4) is 11.4 Å². The fourth-order valence-corrected chi connectivity index (χ4v) is 3.80. The van der Waals surface area contributed by atoms with Crippen LogP contribution in [0.1, 0.15) is 5.56 Å². The van der Waals surface area contributed by atoms with Crippen molar-refractivity contribution in [1.82, 2.24) is 14.9 Å². The number of nitrogen functional groups attached to an aromatic ring is 1. The van der Waals surface area contributed by atoms with Crippen molar-refractivity contribution in [3.63, 3.8) is 0 Å². The third-order valence-corrected chi connectivity index (χ3v) is 5.07. The Morgan fingerprint density at radius 2 is 1.70 bits per heavy atom. The minimum atomic E-state index is 0.542. The lowest BCUT2D eigenvalue weighted by molar-refractivity contribution is 0.849. The van der Waals surface area contributed by atoms with E-state index in [2.05, 4.69) is 10.2 Å². The van der Waals surface area contributed by atoms with Crippen molar-refractivity contribution in [2.45, 2.75) is 10.9 Å². The number of halogens is 3. The van der Waals surface area contributed by atoms with Gasteiger partial charge in [0.25, 0.3) is 0 Å². The van der Waals surface area contributed by atoms with Gasteiger partial charge in [-0.15, -0.1) is 10.2 Å². The first-order valence-electron chi connectivity index (χ1n) is 6.58. The summed E-state index contributed by atoms with van der Waals surface area (Å²) in [6.07, 6.45) is 0. The van der Waals surface area contributed by atoms with Gasteiger partial charge >= 0.3 is 0 Å². The standard InChI is InChI=1S/C15H11Cl3N4S/c16-10-4-1-3-9(7-10)14-20-21-15(22(14)19)23-8-11-12(17)5-2-6-13(11)18/h1-7H,8,19H2. The fourth-order valence-electron chi connectivity index (χ4n) is 2.01. The average Bonchev–Trinajstić information content (AvgIpc) is 2.88. The van der Waals surface area contributed by atoms with E-state index in [1.807, 2.05) is 18.2 Å². The molecule has 0 aliphatic heterocycles. The maximum Gasteiger partial charge on any atom is 0.210 e. The Kier molecular flexibility index (Phi) is 5.02. The molecule has 118 valence electrons. The van der Waals surface area contributed by atoms with E-state index in [-0.39, 0.29) is 0 Å². The second kappa shape index (κ2) is 7.01. The number of hydrogen-bond acceptors (Lipinski definition) is 4. The van der Waals surface area contributed by atoms with Crippen molar-refractivity contribution in [2.75, 3.05) is 5.84 Å². The molecule has 0 aliphatic carbocycles. The number of aromatic nitrogens is 3. The monoisotopic (exact) mass is 384 g/mol. The SMILES string of the molecule is Nn1c(SCc2c(Cl)cccc2Cl)nnc1-c1cccc(Cl)c1. The summed E-state index contributed by atoms with van der Waals surface area (Å²) in [7, 11) is 0. The lowest BCUT2D eigenvalue weighted by Gasteiger charge is -2.07. The maximum absolute atomic E-state index is 6.17. The Bertz CT molecular complexity index is 830. The van der Waals surface area contributed by atoms with Gasteiger partial charge in [0.15, 0.2) is 5.82 Å². The van der Waals surface area contributed by atoms with Gasteiger partial charge in [-0.05, 0) is 29.8 Å². The molecule has 0 unspecified atom stereocenters. The zero-order chi connectivity index (χ0) is 16.4. The normalized spacial score (nSPS) is 10.9. The lowest BCUT2D eigenvalue weighted by Crippen LogP contribution is -2.11. The van der Waals surface area contributed by atoms with Crippen LogP contribution in [0.3, 0.4) is 0 Å². The van der Waals surface area contributed by atoms with Crippen molar-refractivity contribution in [1.29, 1.82) is 0 Å². The number of nitrogens with two attached hydrogens (primary N) is 1. The highest BCUT2D eigenvalue weighted by Gasteiger charge is 2.14. The summed E-state index contributed by atoms with van der Waals surface area (Å²) < 4.78 is 1.43. The molecule has 1 aromatic heterocycles. The molecule has 0 fully saturated rings. The summed E-state index contributed by atoms with van der Waals surface area (Å²) in [5.74, 6) is 7.17. The molecule has 0 bridgehead atoms. The van der Waals surface area contributed by atoms with Crippen LogP contribution in [0.2, 0.25) is 15.1 Å². The zero-order valence-corrected chi connectivity index (χ0v) is 14.8. The van der Waals surface area contributed by atoms with Crippen LogP contribution < -0.4 is 5.84 Å². The summed E-state index contributed by atoms with van der Waals surface area (Å²) >= 11 is 19.7. The van der Waals surface area contributed by atoms with Crippen LogP contribution in [0.5, 0.6) is 0 Å². The summed E-state index contributed by atoms with van der Waals surface area (Å²) in [6, 6.07) is 12.7. The molecule has 0 spiro atoms. The number of rotatable bonds is 4. The zero-order valence-electron chi connectivity index (χ0n) is 11.7. The highest BCUT2D eigenvalue weighted by atomic mass is 35.5. The predicted molar refractivity (Wildman–Crippen MR) is 96.6 cm³/mol. The number of benzene rings is 2. The first kappa shape index (κ1) is 16.5. The summed E-state index contributed by atoms with van der Waals surface area (Å²) in [6.45, 7) is 0. The first-order valence-corrected chi connectivity index (χ1v) is 8.70. The Labute approximate surface area is 152 Å². The molecule has 0 aliphatic rings. The summed E-state index contributed by atoms with van der Waals surface area (Å²) in [5, 5.41) is 10.7. The van der Waals surface area contributed by atoms with Crippen LogP contribution in [-0.4, -0.2) is 14.9 Å². The van der Waals surface area contributed by atoms with Crippen molar-refractivity contribution in [2.24, 2.45) is 0 Å². The van der Waals surface area contributed by atoms with Gasteiger partial charge in [0.2, 0.25) is 5.16 Å². The molecule has 2 aromatic carbocycles. The molecule has 3 rings (SSSR count). The smallest absolute Gasteiger partial charge is 0.210 e. The maximum atomic E-state index is 6.17. The van der Waals surface area contributed by atoms with Gasteiger partial charge in [-0.3, -0.25) is 0 Å². The van der Waals surface area contributed by atoms with Crippen LogP contribution in [0.4, 0.5) is 0 Å². The topological polar surface area (TPSA) is 56.7 Å². The molecule has 3 aromatic rings. The highest BCUT2D eigenvalue weighted by Crippen LogP contribution is 2.31. The van der Waals surface area contributed by atoms with Gasteiger partial charge in [-0.1, -0.05) is 64.8 Å². The number of thioether (sulfide) groups is 1. The van der Waals surface area contributed by atoms with Crippen molar-refractivity contribution >= 4 is 46.6 Å². The van der Waals surface area contributed by atoms with E-state index >= 15 is 0 Å². The van der Waals surface area contributed by atoms with E-state index in [4.69, 9.17) is 40.6 Å². The van der Waals surface area contributed by atoms with Gasteiger partial charge in [-0.25, -0.2) is 4.68 Å². The molecule has 2 N–H and O–H groups in total. The van der Waals surface area contributed by atoms with Gasteiger partial charge in [0.05, 0.1) is 0 Å². The quantitative estimate of drug-likeness (QED) is 0.512. The first-order chi connectivity index (χ1) is 11.1. The fraction of sp³-hybridized carbons (Fsp3) is 0.0667. The van der Waals surface area contributed by atoms with Crippen molar-refractivity contribution in [3.05, 3.63) is 63.1 Å². The molecular weight excluding hydrogens is 375 g/mol. The molecule has 0 saturated carbocycles. The van der Waals surface area contributed by atoms with Crippen LogP contribution in [0.25, 0.3) is 11.4 Å². The minimum Gasteiger partial charge on any atom is -0.335 e. The second-order valence-corrected chi connectivity index (χ2v) is 6.87. The largest absolute Gasteiger partial charge is 0.335 e. The Hall–Kier alpha value is -1.40.